The Bertz CT molecular complexity index is 372. The normalized spacial score (nSPS) is 26.1. The monoisotopic (exact) mass is 237 g/mol. The third-order valence-electron chi connectivity index (χ3n) is 3.25. The van der Waals surface area contributed by atoms with Crippen LogP contribution in [-0.4, -0.2) is 16.7 Å². The van der Waals surface area contributed by atoms with Crippen molar-refractivity contribution in [3.05, 3.63) is 11.7 Å². The summed E-state index contributed by atoms with van der Waals surface area (Å²) in [5.74, 6) is 1.57. The first-order valence-electron chi connectivity index (χ1n) is 6.47. The zero-order valence-electron chi connectivity index (χ0n) is 11.3. The van der Waals surface area contributed by atoms with Gasteiger partial charge in [0.05, 0.1) is 5.54 Å². The van der Waals surface area contributed by atoms with E-state index < -0.39 is 0 Å². The molecule has 0 bridgehead atoms. The molecule has 2 rings (SSSR count). The molecule has 4 heteroatoms. The highest BCUT2D eigenvalue weighted by Crippen LogP contribution is 2.29. The summed E-state index contributed by atoms with van der Waals surface area (Å²) in [5.41, 5.74) is 0.0728. The molecular weight excluding hydrogens is 214 g/mol. The van der Waals surface area contributed by atoms with Gasteiger partial charge in [-0.1, -0.05) is 25.9 Å². The second-order valence-electron chi connectivity index (χ2n) is 6.47. The Morgan fingerprint density at radius 2 is 2.12 bits per heavy atom. The zero-order valence-corrected chi connectivity index (χ0v) is 11.3. The first-order chi connectivity index (χ1) is 7.89. The average Bonchev–Trinajstić information content (AvgIpc) is 2.65. The van der Waals surface area contributed by atoms with Crippen molar-refractivity contribution in [1.29, 1.82) is 0 Å². The average molecular weight is 237 g/mol. The second kappa shape index (κ2) is 4.41. The molecule has 0 aromatic carbocycles. The molecule has 1 fully saturated rings. The quantitative estimate of drug-likeness (QED) is 0.859. The molecule has 0 aliphatic carbocycles. The minimum Gasteiger partial charge on any atom is -0.337 e. The number of piperidine rings is 1. The summed E-state index contributed by atoms with van der Waals surface area (Å²) in [6, 6.07) is 0. The molecule has 1 N–H and O–H groups in total. The molecule has 1 aromatic rings. The molecule has 0 saturated carbocycles. The largest absolute Gasteiger partial charge is 0.337 e. The minimum atomic E-state index is -0.124. The van der Waals surface area contributed by atoms with Gasteiger partial charge in [-0.05, 0) is 38.1 Å². The van der Waals surface area contributed by atoms with E-state index in [0.717, 1.165) is 31.1 Å². The van der Waals surface area contributed by atoms with Crippen molar-refractivity contribution >= 4 is 0 Å². The summed E-state index contributed by atoms with van der Waals surface area (Å²) < 4.78 is 5.43. The van der Waals surface area contributed by atoms with Gasteiger partial charge in [0.2, 0.25) is 5.89 Å². The lowest BCUT2D eigenvalue weighted by Crippen LogP contribution is -2.43. The number of aromatic nitrogens is 2. The lowest BCUT2D eigenvalue weighted by molar-refractivity contribution is 0.206. The van der Waals surface area contributed by atoms with E-state index in [4.69, 9.17) is 4.52 Å². The maximum Gasteiger partial charge on any atom is 0.246 e. The van der Waals surface area contributed by atoms with Crippen LogP contribution >= 0.6 is 0 Å². The number of rotatable bonds is 2. The van der Waals surface area contributed by atoms with Crippen molar-refractivity contribution in [3.8, 4) is 0 Å². The first kappa shape index (κ1) is 12.6. The number of nitrogens with one attached hydrogen (secondary N) is 1. The van der Waals surface area contributed by atoms with Crippen LogP contribution in [0.4, 0.5) is 0 Å². The van der Waals surface area contributed by atoms with Crippen molar-refractivity contribution in [2.75, 3.05) is 6.54 Å². The lowest BCUT2D eigenvalue weighted by atomic mass is 9.90. The van der Waals surface area contributed by atoms with E-state index in [1.807, 2.05) is 0 Å². The van der Waals surface area contributed by atoms with Gasteiger partial charge in [-0.25, -0.2) is 0 Å². The number of hydrogen-bond acceptors (Lipinski definition) is 4. The van der Waals surface area contributed by atoms with Gasteiger partial charge in [0, 0.05) is 6.42 Å². The summed E-state index contributed by atoms with van der Waals surface area (Å²) in [6.45, 7) is 9.74. The molecule has 17 heavy (non-hydrogen) atoms. The van der Waals surface area contributed by atoms with Gasteiger partial charge in [0.25, 0.3) is 0 Å². The number of hydrogen-bond donors (Lipinski definition) is 1. The fraction of sp³-hybridized carbons (Fsp3) is 0.846. The molecule has 1 aromatic heterocycles. The summed E-state index contributed by atoms with van der Waals surface area (Å²) in [4.78, 5) is 4.55. The van der Waals surface area contributed by atoms with Gasteiger partial charge in [0.1, 0.15) is 0 Å². The first-order valence-corrected chi connectivity index (χ1v) is 6.47. The molecule has 0 spiro atoms. The van der Waals surface area contributed by atoms with Crippen LogP contribution in [0.1, 0.15) is 58.7 Å². The van der Waals surface area contributed by atoms with Crippen LogP contribution in [0.5, 0.6) is 0 Å². The Morgan fingerprint density at radius 1 is 1.35 bits per heavy atom. The van der Waals surface area contributed by atoms with Gasteiger partial charge < -0.3 is 9.84 Å². The molecule has 4 nitrogen and oxygen atoms in total. The van der Waals surface area contributed by atoms with Crippen LogP contribution in [-0.2, 0) is 12.0 Å². The number of nitrogens with zero attached hydrogens (tertiary/aromatic N) is 2. The highest BCUT2D eigenvalue weighted by molar-refractivity contribution is 5.03. The Hall–Kier alpha value is -0.900. The van der Waals surface area contributed by atoms with E-state index in [9.17, 15) is 0 Å². The summed E-state index contributed by atoms with van der Waals surface area (Å²) in [5, 5.41) is 7.59. The Balaban J connectivity index is 2.12. The predicted molar refractivity (Wildman–Crippen MR) is 66.7 cm³/mol. The highest BCUT2D eigenvalue weighted by atomic mass is 16.5. The summed E-state index contributed by atoms with van der Waals surface area (Å²) >= 11 is 0. The smallest absolute Gasteiger partial charge is 0.246 e. The van der Waals surface area contributed by atoms with E-state index in [0.29, 0.717) is 0 Å². The van der Waals surface area contributed by atoms with E-state index in [2.05, 4.69) is 43.2 Å². The van der Waals surface area contributed by atoms with Crippen molar-refractivity contribution in [2.45, 2.75) is 58.9 Å². The van der Waals surface area contributed by atoms with E-state index in [1.165, 1.54) is 12.8 Å². The maximum atomic E-state index is 5.43. The Morgan fingerprint density at radius 3 is 2.71 bits per heavy atom. The van der Waals surface area contributed by atoms with Crippen molar-refractivity contribution in [3.63, 3.8) is 0 Å². The van der Waals surface area contributed by atoms with Crippen LogP contribution in [0, 0.1) is 5.41 Å². The maximum absolute atomic E-state index is 5.43. The van der Waals surface area contributed by atoms with Gasteiger partial charge in [-0.3, -0.25) is 0 Å². The molecule has 1 aliphatic rings. The highest BCUT2D eigenvalue weighted by Gasteiger charge is 2.34. The summed E-state index contributed by atoms with van der Waals surface area (Å²) in [7, 11) is 0. The Labute approximate surface area is 103 Å². The van der Waals surface area contributed by atoms with Crippen LogP contribution in [0.15, 0.2) is 4.52 Å². The van der Waals surface area contributed by atoms with Crippen molar-refractivity contribution in [2.24, 2.45) is 5.41 Å². The topological polar surface area (TPSA) is 51.0 Å². The van der Waals surface area contributed by atoms with Crippen LogP contribution in [0.2, 0.25) is 0 Å². The molecule has 1 unspecified atom stereocenters. The third kappa shape index (κ3) is 3.06. The molecule has 1 aliphatic heterocycles. The minimum absolute atomic E-state index is 0.124. The molecule has 96 valence electrons. The Kier molecular flexibility index (Phi) is 3.25. The third-order valence-corrected chi connectivity index (χ3v) is 3.25. The molecule has 2 heterocycles. The second-order valence-corrected chi connectivity index (χ2v) is 6.47. The van der Waals surface area contributed by atoms with Gasteiger partial charge >= 0.3 is 0 Å². The fourth-order valence-corrected chi connectivity index (χ4v) is 2.26. The van der Waals surface area contributed by atoms with E-state index >= 15 is 0 Å². The molecule has 0 radical (unpaired) electrons. The van der Waals surface area contributed by atoms with E-state index in [-0.39, 0.29) is 11.0 Å². The molecular formula is C13H23N3O. The van der Waals surface area contributed by atoms with Gasteiger partial charge in [-0.15, -0.1) is 0 Å². The summed E-state index contributed by atoms with van der Waals surface area (Å²) in [6.07, 6.45) is 4.38. The fourth-order valence-electron chi connectivity index (χ4n) is 2.26. The predicted octanol–water partition coefficient (Wildman–Crippen LogP) is 2.65. The van der Waals surface area contributed by atoms with Crippen molar-refractivity contribution in [1.82, 2.24) is 15.5 Å². The lowest BCUT2D eigenvalue weighted by Gasteiger charge is -2.31. The molecule has 1 atom stereocenters. The zero-order chi connectivity index (χ0) is 12.5. The van der Waals surface area contributed by atoms with Crippen molar-refractivity contribution < 1.29 is 4.52 Å². The van der Waals surface area contributed by atoms with Gasteiger partial charge in [-0.2, -0.15) is 4.98 Å². The van der Waals surface area contributed by atoms with Crippen LogP contribution in [0.3, 0.4) is 0 Å². The molecule has 1 saturated heterocycles. The SMILES string of the molecule is CC(C)(C)Cc1noc(C2(C)CCCCN2)n1. The van der Waals surface area contributed by atoms with Gasteiger partial charge in [0.15, 0.2) is 5.82 Å². The van der Waals surface area contributed by atoms with Crippen LogP contribution < -0.4 is 5.32 Å². The van der Waals surface area contributed by atoms with Crippen LogP contribution in [0.25, 0.3) is 0 Å². The van der Waals surface area contributed by atoms with E-state index in [1.54, 1.807) is 0 Å². The standard InChI is InChI=1S/C13H23N3O/c1-12(2,3)9-10-15-11(17-16-10)13(4)7-5-6-8-14-13/h14H,5-9H2,1-4H3. The molecule has 0 amide bonds.